The highest BCUT2D eigenvalue weighted by Gasteiger charge is 2.31. The molecule has 2 N–H and O–H groups in total. The lowest BCUT2D eigenvalue weighted by atomic mass is 9.92. The van der Waals surface area contributed by atoms with E-state index < -0.39 is 15.8 Å². The van der Waals surface area contributed by atoms with E-state index in [1.54, 1.807) is 6.92 Å². The molecular weight excluding hydrogens is 395 g/mol. The summed E-state index contributed by atoms with van der Waals surface area (Å²) in [6.45, 7) is 4.49. The van der Waals surface area contributed by atoms with Crippen molar-refractivity contribution in [2.75, 3.05) is 13.1 Å². The SMILES string of the molecule is Cc1cc(F)c(Br)cc1S(=O)(=O)N1CCC(C(C)N)CC1.Cl. The Morgan fingerprint density at radius 2 is 1.91 bits per heavy atom. The van der Waals surface area contributed by atoms with Crippen molar-refractivity contribution in [1.29, 1.82) is 0 Å². The Balaban J connectivity index is 0.00000242. The highest BCUT2D eigenvalue weighted by atomic mass is 79.9. The topological polar surface area (TPSA) is 63.4 Å². The van der Waals surface area contributed by atoms with Gasteiger partial charge in [-0.1, -0.05) is 0 Å². The molecule has 0 bridgehead atoms. The van der Waals surface area contributed by atoms with Crippen molar-refractivity contribution < 1.29 is 12.8 Å². The molecule has 0 spiro atoms. The summed E-state index contributed by atoms with van der Waals surface area (Å²) in [4.78, 5) is 0.162. The average Bonchev–Trinajstić information content (AvgIpc) is 2.42. The number of halogens is 3. The molecule has 1 unspecified atom stereocenters. The van der Waals surface area contributed by atoms with Gasteiger partial charge in [-0.3, -0.25) is 0 Å². The molecule has 0 saturated carbocycles. The third-order valence-electron chi connectivity index (χ3n) is 4.08. The second-order valence-electron chi connectivity index (χ2n) is 5.63. The monoisotopic (exact) mass is 414 g/mol. The Morgan fingerprint density at radius 3 is 2.41 bits per heavy atom. The van der Waals surface area contributed by atoms with Crippen molar-refractivity contribution in [3.8, 4) is 0 Å². The van der Waals surface area contributed by atoms with Crippen molar-refractivity contribution in [2.45, 2.75) is 37.6 Å². The maximum Gasteiger partial charge on any atom is 0.243 e. The number of sulfonamides is 1. The predicted molar refractivity (Wildman–Crippen MR) is 91.2 cm³/mol. The second kappa shape index (κ2) is 7.57. The first-order chi connectivity index (χ1) is 9.73. The van der Waals surface area contributed by atoms with Gasteiger partial charge in [-0.05, 0) is 66.2 Å². The van der Waals surface area contributed by atoms with E-state index in [2.05, 4.69) is 15.9 Å². The molecule has 8 heteroatoms. The summed E-state index contributed by atoms with van der Waals surface area (Å²) in [5, 5.41) is 0. The molecule has 4 nitrogen and oxygen atoms in total. The third kappa shape index (κ3) is 4.00. The van der Waals surface area contributed by atoms with Gasteiger partial charge in [-0.25, -0.2) is 12.8 Å². The molecular formula is C14H21BrClFN2O2S. The number of hydrogen-bond donors (Lipinski definition) is 1. The van der Waals surface area contributed by atoms with E-state index in [1.165, 1.54) is 16.4 Å². The molecule has 0 aliphatic carbocycles. The molecule has 1 aromatic carbocycles. The van der Waals surface area contributed by atoms with E-state index >= 15 is 0 Å². The molecule has 0 radical (unpaired) electrons. The van der Waals surface area contributed by atoms with Gasteiger partial charge >= 0.3 is 0 Å². The number of piperidine rings is 1. The van der Waals surface area contributed by atoms with Crippen LogP contribution in [0.3, 0.4) is 0 Å². The smallest absolute Gasteiger partial charge is 0.243 e. The van der Waals surface area contributed by atoms with Crippen LogP contribution < -0.4 is 5.73 Å². The fourth-order valence-corrected chi connectivity index (χ4v) is 4.88. The minimum absolute atomic E-state index is 0. The first-order valence-corrected chi connectivity index (χ1v) is 9.18. The molecule has 126 valence electrons. The van der Waals surface area contributed by atoms with Crippen molar-refractivity contribution in [3.05, 3.63) is 28.0 Å². The fraction of sp³-hybridized carbons (Fsp3) is 0.571. The van der Waals surface area contributed by atoms with Gasteiger partial charge in [0, 0.05) is 19.1 Å². The molecule has 1 saturated heterocycles. The molecule has 0 aromatic heterocycles. The summed E-state index contributed by atoms with van der Waals surface area (Å²) in [5.74, 6) is -0.0976. The van der Waals surface area contributed by atoms with Crippen LogP contribution in [-0.4, -0.2) is 31.9 Å². The van der Waals surface area contributed by atoms with E-state index in [-0.39, 0.29) is 27.8 Å². The van der Waals surface area contributed by atoms with Crippen LogP contribution in [0.5, 0.6) is 0 Å². The van der Waals surface area contributed by atoms with Crippen LogP contribution in [0.25, 0.3) is 0 Å². The van der Waals surface area contributed by atoms with E-state index in [0.717, 1.165) is 12.8 Å². The molecule has 22 heavy (non-hydrogen) atoms. The lowest BCUT2D eigenvalue weighted by molar-refractivity contribution is 0.250. The van der Waals surface area contributed by atoms with Gasteiger partial charge in [0.2, 0.25) is 10.0 Å². The Morgan fingerprint density at radius 1 is 1.36 bits per heavy atom. The molecule has 1 aromatic rings. The van der Waals surface area contributed by atoms with Crippen LogP contribution in [-0.2, 0) is 10.0 Å². The van der Waals surface area contributed by atoms with Crippen LogP contribution in [0.2, 0.25) is 0 Å². The van der Waals surface area contributed by atoms with Gasteiger partial charge in [0.1, 0.15) is 5.82 Å². The Hall–Kier alpha value is -0.210. The summed E-state index contributed by atoms with van der Waals surface area (Å²) >= 11 is 3.05. The fourth-order valence-electron chi connectivity index (χ4n) is 2.69. The highest BCUT2D eigenvalue weighted by molar-refractivity contribution is 9.10. The minimum atomic E-state index is -3.59. The number of nitrogens with zero attached hydrogens (tertiary/aromatic N) is 1. The molecule has 0 amide bonds. The largest absolute Gasteiger partial charge is 0.328 e. The Kier molecular flexibility index (Phi) is 6.83. The van der Waals surface area contributed by atoms with E-state index in [4.69, 9.17) is 5.73 Å². The van der Waals surface area contributed by atoms with Gasteiger partial charge in [0.25, 0.3) is 0 Å². The lowest BCUT2D eigenvalue weighted by Crippen LogP contribution is -2.42. The normalized spacial score (nSPS) is 18.8. The zero-order chi connectivity index (χ0) is 15.8. The van der Waals surface area contributed by atoms with E-state index in [1.807, 2.05) is 6.92 Å². The Labute approximate surface area is 145 Å². The van der Waals surface area contributed by atoms with Crippen LogP contribution in [0.1, 0.15) is 25.3 Å². The van der Waals surface area contributed by atoms with Crippen molar-refractivity contribution >= 4 is 38.4 Å². The van der Waals surface area contributed by atoms with Gasteiger partial charge < -0.3 is 5.73 Å². The van der Waals surface area contributed by atoms with Crippen molar-refractivity contribution in [3.63, 3.8) is 0 Å². The summed E-state index contributed by atoms with van der Waals surface area (Å²) in [6.07, 6.45) is 1.52. The van der Waals surface area contributed by atoms with Gasteiger partial charge in [-0.2, -0.15) is 4.31 Å². The number of aryl methyl sites for hydroxylation is 1. The zero-order valence-electron chi connectivity index (χ0n) is 12.6. The van der Waals surface area contributed by atoms with Crippen LogP contribution in [0.15, 0.2) is 21.5 Å². The predicted octanol–water partition coefficient (Wildman–Crippen LogP) is 3.07. The summed E-state index contributed by atoms with van der Waals surface area (Å²) in [7, 11) is -3.59. The first kappa shape index (κ1) is 19.8. The molecule has 1 aliphatic heterocycles. The molecule has 1 fully saturated rings. The summed E-state index contributed by atoms with van der Waals surface area (Å²) in [6, 6.07) is 2.67. The Bertz CT molecular complexity index is 632. The van der Waals surface area contributed by atoms with Gasteiger partial charge in [0.05, 0.1) is 9.37 Å². The summed E-state index contributed by atoms with van der Waals surface area (Å²) in [5.41, 5.74) is 6.30. The first-order valence-electron chi connectivity index (χ1n) is 6.95. The number of nitrogens with two attached hydrogens (primary N) is 1. The third-order valence-corrected chi connectivity index (χ3v) is 6.73. The standard InChI is InChI=1S/C14H20BrFN2O2S.ClH/c1-9-7-13(16)12(15)8-14(9)21(19,20)18-5-3-11(4-6-18)10(2)17;/h7-8,10-11H,3-6,17H2,1-2H3;1H. The number of rotatable bonds is 3. The average molecular weight is 416 g/mol. The second-order valence-corrected chi connectivity index (χ2v) is 8.39. The quantitative estimate of drug-likeness (QED) is 0.825. The number of benzene rings is 1. The van der Waals surface area contributed by atoms with E-state index in [0.29, 0.717) is 24.6 Å². The molecule has 1 aliphatic rings. The molecule has 2 rings (SSSR count). The van der Waals surface area contributed by atoms with Crippen LogP contribution >= 0.6 is 28.3 Å². The minimum Gasteiger partial charge on any atom is -0.328 e. The highest BCUT2D eigenvalue weighted by Crippen LogP contribution is 2.29. The van der Waals surface area contributed by atoms with Gasteiger partial charge in [0.15, 0.2) is 0 Å². The lowest BCUT2D eigenvalue weighted by Gasteiger charge is -2.33. The van der Waals surface area contributed by atoms with Crippen molar-refractivity contribution in [2.24, 2.45) is 11.7 Å². The van der Waals surface area contributed by atoms with Gasteiger partial charge in [-0.15, -0.1) is 12.4 Å². The van der Waals surface area contributed by atoms with E-state index in [9.17, 15) is 12.8 Å². The molecule has 1 heterocycles. The maximum atomic E-state index is 13.5. The number of hydrogen-bond acceptors (Lipinski definition) is 3. The molecule has 1 atom stereocenters. The van der Waals surface area contributed by atoms with Crippen LogP contribution in [0, 0.1) is 18.7 Å². The van der Waals surface area contributed by atoms with Crippen LogP contribution in [0.4, 0.5) is 4.39 Å². The summed E-state index contributed by atoms with van der Waals surface area (Å²) < 4.78 is 40.5. The zero-order valence-corrected chi connectivity index (χ0v) is 15.8. The maximum absolute atomic E-state index is 13.5. The van der Waals surface area contributed by atoms with Crippen molar-refractivity contribution in [1.82, 2.24) is 4.31 Å².